The van der Waals surface area contributed by atoms with Gasteiger partial charge in [0.1, 0.15) is 11.5 Å². The minimum atomic E-state index is -0.0293. The zero-order valence-corrected chi connectivity index (χ0v) is 26.4. The summed E-state index contributed by atoms with van der Waals surface area (Å²) in [4.78, 5) is 7.33. The molecule has 6 bridgehead atoms. The van der Waals surface area contributed by atoms with E-state index in [1.54, 1.807) is 34.5 Å². The summed E-state index contributed by atoms with van der Waals surface area (Å²) in [6, 6.07) is 18.2. The smallest absolute Gasteiger partial charge is 0.204 e. The van der Waals surface area contributed by atoms with Gasteiger partial charge in [-0.15, -0.1) is 0 Å². The Kier molecular flexibility index (Phi) is 7.53. The summed E-state index contributed by atoms with van der Waals surface area (Å²) in [5, 5.41) is 11.1. The van der Waals surface area contributed by atoms with Gasteiger partial charge in [-0.2, -0.15) is 0 Å². The van der Waals surface area contributed by atoms with Crippen molar-refractivity contribution in [2.24, 2.45) is 4.99 Å². The van der Waals surface area contributed by atoms with Crippen LogP contribution in [0.25, 0.3) is 11.1 Å². The predicted octanol–water partition coefficient (Wildman–Crippen LogP) is 6.56. The number of ether oxygens (including phenoxy) is 5. The Morgan fingerprint density at radius 2 is 1.53 bits per heavy atom. The first-order chi connectivity index (χ1) is 21.9. The molecule has 232 valence electrons. The number of hydrogen-bond acceptors (Lipinski definition) is 8. The highest BCUT2D eigenvalue weighted by Crippen LogP contribution is 2.51. The minimum absolute atomic E-state index is 0.0293. The van der Waals surface area contributed by atoms with E-state index in [0.29, 0.717) is 53.9 Å². The molecular weight excluding hydrogens is 568 g/mol. The van der Waals surface area contributed by atoms with E-state index in [4.69, 9.17) is 28.7 Å². The molecule has 0 saturated carbocycles. The molecule has 0 aromatic heterocycles. The Labute approximate surface area is 263 Å². The molecule has 8 nitrogen and oxygen atoms in total. The second-order valence-corrected chi connectivity index (χ2v) is 11.9. The molecule has 0 saturated heterocycles. The third-order valence-corrected chi connectivity index (χ3v) is 9.36. The van der Waals surface area contributed by atoms with Gasteiger partial charge < -0.3 is 28.8 Å². The zero-order chi connectivity index (χ0) is 31.2. The number of fused-ring (bicyclic) bond motifs is 6. The van der Waals surface area contributed by atoms with Crippen molar-refractivity contribution in [3.05, 3.63) is 88.0 Å². The molecule has 0 radical (unpaired) electrons. The molecule has 4 aromatic rings. The first-order valence-corrected chi connectivity index (χ1v) is 15.3. The number of nitrogens with zero attached hydrogens (tertiary/aromatic N) is 2. The van der Waals surface area contributed by atoms with Crippen LogP contribution in [0.1, 0.15) is 39.4 Å². The molecule has 3 heterocycles. The lowest BCUT2D eigenvalue weighted by molar-refractivity contribution is 0.221. The van der Waals surface area contributed by atoms with Crippen LogP contribution in [0.4, 0.5) is 0 Å². The number of aromatic hydroxyl groups is 1. The first kappa shape index (κ1) is 29.0. The Bertz CT molecular complexity index is 1830. The monoisotopic (exact) mass is 606 g/mol. The van der Waals surface area contributed by atoms with E-state index in [1.807, 2.05) is 12.1 Å². The van der Waals surface area contributed by atoms with Gasteiger partial charge in [0.25, 0.3) is 0 Å². The number of benzene rings is 4. The number of aliphatic imine (C=N–C) groups is 1. The highest BCUT2D eigenvalue weighted by Gasteiger charge is 2.34. The van der Waals surface area contributed by atoms with Crippen LogP contribution in [0, 0.1) is 0 Å². The van der Waals surface area contributed by atoms with Gasteiger partial charge in [-0.05, 0) is 91.0 Å². The van der Waals surface area contributed by atoms with Crippen molar-refractivity contribution in [1.82, 2.24) is 4.90 Å². The summed E-state index contributed by atoms with van der Waals surface area (Å²) in [6.45, 7) is 1.57. The van der Waals surface area contributed by atoms with Gasteiger partial charge in [0.15, 0.2) is 23.0 Å². The lowest BCUT2D eigenvalue weighted by Crippen LogP contribution is -2.34. The van der Waals surface area contributed by atoms with Gasteiger partial charge in [-0.25, -0.2) is 0 Å². The summed E-state index contributed by atoms with van der Waals surface area (Å²) in [6.07, 6.45) is 2.94. The molecule has 0 spiro atoms. The lowest BCUT2D eigenvalue weighted by Gasteiger charge is -2.37. The highest BCUT2D eigenvalue weighted by atomic mass is 16.5. The molecule has 0 unspecified atom stereocenters. The summed E-state index contributed by atoms with van der Waals surface area (Å²) in [7, 11) is 8.79. The van der Waals surface area contributed by atoms with Crippen LogP contribution >= 0.6 is 0 Å². The van der Waals surface area contributed by atoms with Gasteiger partial charge >= 0.3 is 0 Å². The molecule has 0 fully saturated rings. The van der Waals surface area contributed by atoms with E-state index in [0.717, 1.165) is 69.6 Å². The van der Waals surface area contributed by atoms with Crippen LogP contribution in [-0.2, 0) is 25.7 Å². The number of phenols is 1. The van der Waals surface area contributed by atoms with Gasteiger partial charge in [-0.3, -0.25) is 9.89 Å². The maximum Gasteiger partial charge on any atom is 0.204 e. The largest absolute Gasteiger partial charge is 0.507 e. The van der Waals surface area contributed by atoms with E-state index < -0.39 is 0 Å². The van der Waals surface area contributed by atoms with E-state index in [-0.39, 0.29) is 11.8 Å². The molecule has 1 atom stereocenters. The maximum atomic E-state index is 11.1. The molecule has 0 amide bonds. The van der Waals surface area contributed by atoms with Crippen molar-refractivity contribution in [3.8, 4) is 51.4 Å². The van der Waals surface area contributed by atoms with Crippen LogP contribution < -0.4 is 23.7 Å². The number of methoxy groups -OCH3 is 4. The van der Waals surface area contributed by atoms with Crippen molar-refractivity contribution in [3.63, 3.8) is 0 Å². The molecule has 7 rings (SSSR count). The summed E-state index contributed by atoms with van der Waals surface area (Å²) in [5.41, 5.74) is 9.10. The second-order valence-electron chi connectivity index (χ2n) is 11.9. The second kappa shape index (κ2) is 11.7. The Morgan fingerprint density at radius 3 is 2.31 bits per heavy atom. The fraction of sp³-hybridized carbons (Fsp3) is 0.324. The highest BCUT2D eigenvalue weighted by molar-refractivity contribution is 6.04. The molecule has 3 aliphatic heterocycles. The van der Waals surface area contributed by atoms with Crippen LogP contribution in [0.15, 0.2) is 59.6 Å². The average Bonchev–Trinajstić information content (AvgIpc) is 3.06. The molecule has 8 heteroatoms. The maximum absolute atomic E-state index is 11.1. The standard InChI is InChI=1S/C37H38N2O6/c1-39-13-11-24-19-34(43-4)36(44-5)37-35(24)29(39)17-22-7-9-31(41-2)27(15-22)26-14-21(6-8-30(26)40)16-28-25-20-33(45-37)32(42-3)18-23(25)10-12-38-28/h6-9,14-15,18-20,29,40H,10-13,16-17H2,1-5H3/t29-/m0/s1. The summed E-state index contributed by atoms with van der Waals surface area (Å²) in [5.74, 6) is 3.96. The Hall–Kier alpha value is -4.69. The molecule has 1 N–H and O–H groups in total. The molecule has 3 aliphatic rings. The summed E-state index contributed by atoms with van der Waals surface area (Å²) < 4.78 is 30.5. The van der Waals surface area contributed by atoms with Crippen LogP contribution in [0.3, 0.4) is 0 Å². The zero-order valence-electron chi connectivity index (χ0n) is 26.4. The minimum Gasteiger partial charge on any atom is -0.507 e. The summed E-state index contributed by atoms with van der Waals surface area (Å²) >= 11 is 0. The van der Waals surface area contributed by atoms with Crippen molar-refractivity contribution in [2.75, 3.05) is 48.6 Å². The van der Waals surface area contributed by atoms with Crippen LogP contribution in [0.2, 0.25) is 0 Å². The van der Waals surface area contributed by atoms with Crippen molar-refractivity contribution in [1.29, 1.82) is 0 Å². The van der Waals surface area contributed by atoms with E-state index >= 15 is 0 Å². The number of likely N-dealkylation sites (N-methyl/N-ethyl adjacent to an activating group) is 1. The van der Waals surface area contributed by atoms with Crippen molar-refractivity contribution >= 4 is 5.71 Å². The van der Waals surface area contributed by atoms with Crippen LogP contribution in [0.5, 0.6) is 40.2 Å². The van der Waals surface area contributed by atoms with Gasteiger partial charge in [-0.1, -0.05) is 12.1 Å². The van der Waals surface area contributed by atoms with Gasteiger partial charge in [0.05, 0.1) is 28.4 Å². The van der Waals surface area contributed by atoms with E-state index in [9.17, 15) is 5.11 Å². The van der Waals surface area contributed by atoms with Gasteiger partial charge in [0, 0.05) is 53.5 Å². The Morgan fingerprint density at radius 1 is 0.778 bits per heavy atom. The lowest BCUT2D eigenvalue weighted by atomic mass is 9.86. The fourth-order valence-electron chi connectivity index (χ4n) is 7.02. The quantitative estimate of drug-likeness (QED) is 0.282. The normalized spacial score (nSPS) is 17.0. The van der Waals surface area contributed by atoms with Crippen LogP contribution in [-0.4, -0.2) is 64.3 Å². The first-order valence-electron chi connectivity index (χ1n) is 15.3. The number of rotatable bonds is 4. The predicted molar refractivity (Wildman–Crippen MR) is 174 cm³/mol. The van der Waals surface area contributed by atoms with Gasteiger partial charge in [0.2, 0.25) is 5.75 Å². The molecular formula is C37H38N2O6. The molecule has 0 aliphatic carbocycles. The fourth-order valence-corrected chi connectivity index (χ4v) is 7.02. The van der Waals surface area contributed by atoms with Crippen molar-refractivity contribution < 1.29 is 28.8 Å². The molecule has 4 aromatic carbocycles. The van der Waals surface area contributed by atoms with E-state index in [2.05, 4.69) is 48.3 Å². The number of hydrogen-bond donors (Lipinski definition) is 1. The van der Waals surface area contributed by atoms with E-state index in [1.165, 1.54) is 0 Å². The molecule has 45 heavy (non-hydrogen) atoms. The third kappa shape index (κ3) is 5.03. The average molecular weight is 607 g/mol. The topological polar surface area (TPSA) is 82.0 Å². The SMILES string of the molecule is COc1cc2c3cc1Oc1c(OC)c(OC)cc4c1[C@H](Cc1ccc(OC)c(c1)-c1cc(ccc1O)CC3=NCC2)N(C)CC4. The number of phenolic OH excluding ortho intramolecular Hbond substituents is 1. The third-order valence-electron chi connectivity index (χ3n) is 9.36. The Balaban J connectivity index is 1.52. The van der Waals surface area contributed by atoms with Crippen molar-refractivity contribution in [2.45, 2.75) is 31.7 Å².